The Morgan fingerprint density at radius 1 is 1.36 bits per heavy atom. The normalized spacial score (nSPS) is 25.6. The van der Waals surface area contributed by atoms with Gasteiger partial charge in [0.15, 0.2) is 0 Å². The highest BCUT2D eigenvalue weighted by Crippen LogP contribution is 2.33. The second kappa shape index (κ2) is 2.69. The van der Waals surface area contributed by atoms with Gasteiger partial charge in [-0.3, -0.25) is 4.55 Å². The highest BCUT2D eigenvalue weighted by atomic mass is 32.2. The molecule has 1 aliphatic rings. The molecule has 5 nitrogen and oxygen atoms in total. The Hall–Kier alpha value is -1.11. The predicted molar refractivity (Wildman–Crippen MR) is 50.3 cm³/mol. The fraction of sp³-hybridized carbons (Fsp3) is 0.250. The summed E-state index contributed by atoms with van der Waals surface area (Å²) in [6, 6.07) is 6.77. The summed E-state index contributed by atoms with van der Waals surface area (Å²) in [6.07, 6.45) is -0.151. The molecule has 0 radical (unpaired) electrons. The maximum absolute atomic E-state index is 10.9. The van der Waals surface area contributed by atoms with Crippen molar-refractivity contribution in [3.05, 3.63) is 29.8 Å². The van der Waals surface area contributed by atoms with Crippen molar-refractivity contribution in [3.63, 3.8) is 0 Å². The van der Waals surface area contributed by atoms with Crippen molar-refractivity contribution in [2.24, 2.45) is 0 Å². The van der Waals surface area contributed by atoms with E-state index in [1.54, 1.807) is 24.3 Å². The summed E-state index contributed by atoms with van der Waals surface area (Å²) in [7, 11) is -4.53. The summed E-state index contributed by atoms with van der Waals surface area (Å²) in [5, 5.41) is 9.69. The maximum atomic E-state index is 10.9. The van der Waals surface area contributed by atoms with Gasteiger partial charge in [-0.1, -0.05) is 18.2 Å². The highest BCUT2D eigenvalue weighted by molar-refractivity contribution is 7.87. The summed E-state index contributed by atoms with van der Waals surface area (Å²) in [5.74, 6) is 0. The number of para-hydroxylation sites is 1. The molecule has 0 saturated carbocycles. The van der Waals surface area contributed by atoms with E-state index in [1.807, 2.05) is 0 Å². The zero-order valence-electron chi connectivity index (χ0n) is 7.14. The summed E-state index contributed by atoms with van der Waals surface area (Å²) < 4.78 is 30.5. The first-order chi connectivity index (χ1) is 6.42. The molecule has 0 saturated heterocycles. The molecule has 3 N–H and O–H groups in total. The lowest BCUT2D eigenvalue weighted by molar-refractivity contribution is 0.149. The second-order valence-electron chi connectivity index (χ2n) is 3.22. The van der Waals surface area contributed by atoms with Crippen LogP contribution in [0.4, 0.5) is 5.69 Å². The fourth-order valence-corrected chi connectivity index (χ4v) is 2.04. The first kappa shape index (κ1) is 9.45. The second-order valence-corrected chi connectivity index (χ2v) is 4.84. The third-order valence-electron chi connectivity index (χ3n) is 2.20. The Kier molecular flexibility index (Phi) is 1.82. The molecule has 0 spiro atoms. The van der Waals surface area contributed by atoms with Crippen molar-refractivity contribution < 1.29 is 18.1 Å². The van der Waals surface area contributed by atoms with Crippen LogP contribution in [0, 0.1) is 0 Å². The van der Waals surface area contributed by atoms with Gasteiger partial charge in [0, 0.05) is 12.1 Å². The van der Waals surface area contributed by atoms with Crippen molar-refractivity contribution >= 4 is 15.8 Å². The monoisotopic (exact) mass is 215 g/mol. The van der Waals surface area contributed by atoms with Gasteiger partial charge in [0.25, 0.3) is 5.06 Å². The Morgan fingerprint density at radius 2 is 2.00 bits per heavy atom. The van der Waals surface area contributed by atoms with Crippen LogP contribution in [0.1, 0.15) is 5.56 Å². The summed E-state index contributed by atoms with van der Waals surface area (Å²) in [5.41, 5.74) is 1.18. The number of hydrogen-bond donors (Lipinski definition) is 3. The largest absolute Gasteiger partial charge is 0.356 e. The minimum atomic E-state index is -4.53. The van der Waals surface area contributed by atoms with Crippen LogP contribution < -0.4 is 5.32 Å². The van der Waals surface area contributed by atoms with Crippen LogP contribution in [0.3, 0.4) is 0 Å². The lowest BCUT2D eigenvalue weighted by atomic mass is 10.2. The summed E-state index contributed by atoms with van der Waals surface area (Å²) in [6.45, 7) is 0. The number of rotatable bonds is 1. The van der Waals surface area contributed by atoms with E-state index in [-0.39, 0.29) is 6.42 Å². The minimum Gasteiger partial charge on any atom is -0.356 e. The van der Waals surface area contributed by atoms with E-state index in [1.165, 1.54) is 0 Å². The molecule has 0 amide bonds. The van der Waals surface area contributed by atoms with Gasteiger partial charge in [-0.2, -0.15) is 8.42 Å². The van der Waals surface area contributed by atoms with Gasteiger partial charge in [-0.25, -0.2) is 0 Å². The lowest BCUT2D eigenvalue weighted by Gasteiger charge is -2.18. The van der Waals surface area contributed by atoms with Crippen LogP contribution in [-0.2, 0) is 16.5 Å². The topological polar surface area (TPSA) is 86.6 Å². The fourth-order valence-electron chi connectivity index (χ4n) is 1.46. The van der Waals surface area contributed by atoms with Gasteiger partial charge in [0.05, 0.1) is 0 Å². The first-order valence-corrected chi connectivity index (χ1v) is 5.42. The molecule has 1 aromatic rings. The smallest absolute Gasteiger partial charge is 0.315 e. The van der Waals surface area contributed by atoms with Crippen LogP contribution in [0.5, 0.6) is 0 Å². The molecular formula is C8H9NO4S. The van der Waals surface area contributed by atoms with Crippen molar-refractivity contribution in [2.75, 3.05) is 5.32 Å². The van der Waals surface area contributed by atoms with Crippen molar-refractivity contribution in [3.8, 4) is 0 Å². The first-order valence-electron chi connectivity index (χ1n) is 3.98. The van der Waals surface area contributed by atoms with E-state index in [9.17, 15) is 13.5 Å². The molecule has 1 aliphatic heterocycles. The van der Waals surface area contributed by atoms with E-state index < -0.39 is 15.2 Å². The standard InChI is InChI=1S/C8H9NO4S/c10-8(14(11,12)13)5-6-3-1-2-4-7(6)9-8/h1-4,9-10H,5H2,(H,11,12,13). The van der Waals surface area contributed by atoms with Crippen LogP contribution in [-0.4, -0.2) is 23.1 Å². The molecule has 6 heteroatoms. The summed E-state index contributed by atoms with van der Waals surface area (Å²) in [4.78, 5) is 0. The van der Waals surface area contributed by atoms with Gasteiger partial charge in [-0.05, 0) is 11.6 Å². The number of fused-ring (bicyclic) bond motifs is 1. The van der Waals surface area contributed by atoms with Gasteiger partial charge < -0.3 is 10.4 Å². The number of benzene rings is 1. The Morgan fingerprint density at radius 3 is 2.57 bits per heavy atom. The summed E-state index contributed by atoms with van der Waals surface area (Å²) >= 11 is 0. The van der Waals surface area contributed by atoms with Gasteiger partial charge in [-0.15, -0.1) is 0 Å². The van der Waals surface area contributed by atoms with Crippen LogP contribution in [0.15, 0.2) is 24.3 Å². The van der Waals surface area contributed by atoms with Crippen LogP contribution in [0.2, 0.25) is 0 Å². The van der Waals surface area contributed by atoms with E-state index in [2.05, 4.69) is 5.32 Å². The third kappa shape index (κ3) is 1.28. The van der Waals surface area contributed by atoms with Gasteiger partial charge in [0.1, 0.15) is 0 Å². The lowest BCUT2D eigenvalue weighted by Crippen LogP contribution is -2.44. The number of nitrogens with one attached hydrogen (secondary N) is 1. The third-order valence-corrected chi connectivity index (χ3v) is 3.30. The molecule has 1 heterocycles. The van der Waals surface area contributed by atoms with E-state index in [0.717, 1.165) is 0 Å². The molecule has 1 atom stereocenters. The van der Waals surface area contributed by atoms with Crippen molar-refractivity contribution in [1.29, 1.82) is 0 Å². The molecular weight excluding hydrogens is 206 g/mol. The van der Waals surface area contributed by atoms with Crippen LogP contribution >= 0.6 is 0 Å². The maximum Gasteiger partial charge on any atom is 0.315 e. The molecule has 0 bridgehead atoms. The number of anilines is 1. The molecule has 76 valence electrons. The molecule has 0 aliphatic carbocycles. The van der Waals surface area contributed by atoms with E-state index >= 15 is 0 Å². The van der Waals surface area contributed by atoms with E-state index in [0.29, 0.717) is 11.3 Å². The zero-order chi connectivity index (χ0) is 10.4. The Bertz CT molecular complexity index is 443. The Labute approximate surface area is 81.1 Å². The SMILES string of the molecule is O=S(=O)(O)C1(O)Cc2ccccc2N1. The van der Waals surface area contributed by atoms with Crippen molar-refractivity contribution in [2.45, 2.75) is 11.5 Å². The van der Waals surface area contributed by atoms with E-state index in [4.69, 9.17) is 4.55 Å². The highest BCUT2D eigenvalue weighted by Gasteiger charge is 2.45. The zero-order valence-corrected chi connectivity index (χ0v) is 7.95. The molecule has 0 aromatic heterocycles. The molecule has 14 heavy (non-hydrogen) atoms. The van der Waals surface area contributed by atoms with Crippen molar-refractivity contribution in [1.82, 2.24) is 0 Å². The quantitative estimate of drug-likeness (QED) is 0.582. The molecule has 1 aromatic carbocycles. The van der Waals surface area contributed by atoms with Gasteiger partial charge in [0.2, 0.25) is 0 Å². The average molecular weight is 215 g/mol. The molecule has 1 unspecified atom stereocenters. The average Bonchev–Trinajstić information content (AvgIpc) is 2.40. The minimum absolute atomic E-state index is 0.151. The Balaban J connectivity index is 2.45. The number of hydrogen-bond acceptors (Lipinski definition) is 4. The number of aliphatic hydroxyl groups is 1. The molecule has 0 fully saturated rings. The van der Waals surface area contributed by atoms with Crippen LogP contribution in [0.25, 0.3) is 0 Å². The van der Waals surface area contributed by atoms with Gasteiger partial charge >= 0.3 is 10.1 Å². The predicted octanol–water partition coefficient (Wildman–Crippen LogP) is 0.188. The molecule has 2 rings (SSSR count).